The molecule has 1 saturated carbocycles. The average molecular weight is 532 g/mol. The highest BCUT2D eigenvalue weighted by atomic mass is 19.4. The quantitative estimate of drug-likeness (QED) is 0.503. The van der Waals surface area contributed by atoms with Crippen molar-refractivity contribution in [3.8, 4) is 0 Å². The fraction of sp³-hybridized carbons (Fsp3) is 0.633. The van der Waals surface area contributed by atoms with Crippen molar-refractivity contribution in [3.63, 3.8) is 0 Å². The maximum atomic E-state index is 13.8. The zero-order valence-corrected chi connectivity index (χ0v) is 22.0. The predicted molar refractivity (Wildman–Crippen MR) is 142 cm³/mol. The van der Waals surface area contributed by atoms with Gasteiger partial charge in [0.15, 0.2) is 0 Å². The molecule has 0 spiro atoms. The highest BCUT2D eigenvalue weighted by molar-refractivity contribution is 5.91. The van der Waals surface area contributed by atoms with E-state index in [9.17, 15) is 23.1 Å². The highest BCUT2D eigenvalue weighted by Gasteiger charge is 2.58. The number of aliphatic hydroxyl groups is 1. The molecule has 2 saturated heterocycles. The van der Waals surface area contributed by atoms with Gasteiger partial charge in [0, 0.05) is 25.6 Å². The van der Waals surface area contributed by atoms with Crippen molar-refractivity contribution in [2.75, 3.05) is 39.3 Å². The first-order chi connectivity index (χ1) is 18.2. The zero-order valence-electron chi connectivity index (χ0n) is 22.0. The molecule has 3 fully saturated rings. The van der Waals surface area contributed by atoms with Crippen molar-refractivity contribution in [3.05, 3.63) is 60.2 Å². The van der Waals surface area contributed by atoms with Crippen LogP contribution in [0.2, 0.25) is 0 Å². The number of likely N-dealkylation sites (tertiary alicyclic amines) is 2. The summed E-state index contributed by atoms with van der Waals surface area (Å²) < 4.78 is 40.9. The molecule has 38 heavy (non-hydrogen) atoms. The third kappa shape index (κ3) is 5.73. The van der Waals surface area contributed by atoms with Crippen LogP contribution in [0.3, 0.4) is 0 Å². The third-order valence-electron chi connectivity index (χ3n) is 9.18. The minimum absolute atomic E-state index is 0.0511. The van der Waals surface area contributed by atoms with Crippen LogP contribution < -0.4 is 5.32 Å². The van der Waals surface area contributed by atoms with Gasteiger partial charge < -0.3 is 14.9 Å². The van der Waals surface area contributed by atoms with Crippen LogP contribution in [0.25, 0.3) is 0 Å². The van der Waals surface area contributed by atoms with Crippen LogP contribution in [-0.4, -0.2) is 77.9 Å². The van der Waals surface area contributed by atoms with E-state index in [0.717, 1.165) is 24.8 Å². The molecule has 2 aliphatic heterocycles. The number of carbonyl (C=O) groups is 1. The Kier molecular flexibility index (Phi) is 8.04. The molecule has 0 aromatic heterocycles. The lowest BCUT2D eigenvalue weighted by atomic mass is 9.67. The maximum Gasteiger partial charge on any atom is 0.395 e. The minimum atomic E-state index is -4.13. The first-order valence-electron chi connectivity index (χ1n) is 14.1. The molecule has 0 radical (unpaired) electrons. The summed E-state index contributed by atoms with van der Waals surface area (Å²) >= 11 is 0. The number of piperidine rings is 2. The second-order valence-corrected chi connectivity index (χ2v) is 11.8. The number of allylic oxidation sites excluding steroid dienone is 2. The van der Waals surface area contributed by atoms with Gasteiger partial charge in [-0.15, -0.1) is 0 Å². The lowest BCUT2D eigenvalue weighted by molar-refractivity contribution is -0.256. The number of nitrogens with zero attached hydrogens (tertiary/aromatic N) is 2. The van der Waals surface area contributed by atoms with Gasteiger partial charge in [-0.1, -0.05) is 61.1 Å². The zero-order chi connectivity index (χ0) is 26.8. The van der Waals surface area contributed by atoms with E-state index in [1.165, 1.54) is 0 Å². The number of amides is 1. The van der Waals surface area contributed by atoms with Gasteiger partial charge in [0.1, 0.15) is 5.54 Å². The number of nitrogens with one attached hydrogen (secondary N) is 1. The normalized spacial score (nSPS) is 30.3. The average Bonchev–Trinajstić information content (AvgIpc) is 2.90. The third-order valence-corrected chi connectivity index (χ3v) is 9.18. The Hall–Kier alpha value is -2.16. The topological polar surface area (TPSA) is 55.8 Å². The first-order valence-corrected chi connectivity index (χ1v) is 14.1. The summed E-state index contributed by atoms with van der Waals surface area (Å²) in [5, 5.41) is 13.7. The van der Waals surface area contributed by atoms with Crippen LogP contribution in [0.15, 0.2) is 54.6 Å². The van der Waals surface area contributed by atoms with Gasteiger partial charge in [0.05, 0.1) is 11.5 Å². The molecule has 2 aliphatic carbocycles. The summed E-state index contributed by atoms with van der Waals surface area (Å²) in [6.07, 6.45) is 7.70. The van der Waals surface area contributed by atoms with Crippen LogP contribution in [-0.2, 0) is 4.79 Å². The van der Waals surface area contributed by atoms with E-state index in [4.69, 9.17) is 0 Å². The Balaban J connectivity index is 1.23. The second kappa shape index (κ2) is 11.1. The molecule has 5 nitrogen and oxygen atoms in total. The Morgan fingerprint density at radius 1 is 1.00 bits per heavy atom. The molecule has 0 bridgehead atoms. The van der Waals surface area contributed by atoms with Crippen molar-refractivity contribution in [1.29, 1.82) is 0 Å². The number of benzene rings is 1. The molecule has 1 aromatic carbocycles. The number of aliphatic hydroxyl groups excluding tert-OH is 1. The van der Waals surface area contributed by atoms with Crippen LogP contribution in [0.4, 0.5) is 13.2 Å². The summed E-state index contributed by atoms with van der Waals surface area (Å²) in [5.74, 6) is 0.325. The smallest absolute Gasteiger partial charge is 0.391 e. The summed E-state index contributed by atoms with van der Waals surface area (Å²) in [6.45, 7) is 3.01. The van der Waals surface area contributed by atoms with E-state index in [1.807, 2.05) is 35.3 Å². The molecular weight excluding hydrogens is 491 g/mol. The van der Waals surface area contributed by atoms with Gasteiger partial charge in [-0.3, -0.25) is 10.1 Å². The molecule has 1 aromatic rings. The molecule has 1 atom stereocenters. The van der Waals surface area contributed by atoms with Crippen LogP contribution in [0.5, 0.6) is 0 Å². The first kappa shape index (κ1) is 27.4. The Bertz CT molecular complexity index is 999. The summed E-state index contributed by atoms with van der Waals surface area (Å²) in [6, 6.07) is 10.1. The van der Waals surface area contributed by atoms with E-state index >= 15 is 0 Å². The Morgan fingerprint density at radius 3 is 2.26 bits per heavy atom. The van der Waals surface area contributed by atoms with E-state index in [0.29, 0.717) is 51.5 Å². The summed E-state index contributed by atoms with van der Waals surface area (Å²) in [7, 11) is 0. The highest BCUT2D eigenvalue weighted by Crippen LogP contribution is 2.53. The maximum absolute atomic E-state index is 13.8. The lowest BCUT2D eigenvalue weighted by Crippen LogP contribution is -2.59. The minimum Gasteiger partial charge on any atom is -0.391 e. The van der Waals surface area contributed by atoms with Gasteiger partial charge in [-0.05, 0) is 69.6 Å². The van der Waals surface area contributed by atoms with Crippen molar-refractivity contribution in [1.82, 2.24) is 15.1 Å². The summed E-state index contributed by atoms with van der Waals surface area (Å²) in [5.41, 5.74) is -1.34. The van der Waals surface area contributed by atoms with Crippen LogP contribution in [0.1, 0.15) is 56.4 Å². The number of rotatable bonds is 7. The van der Waals surface area contributed by atoms with Crippen molar-refractivity contribution in [2.45, 2.75) is 68.7 Å². The van der Waals surface area contributed by atoms with Gasteiger partial charge in [0.2, 0.25) is 0 Å². The largest absolute Gasteiger partial charge is 0.395 e. The number of hydrogen-bond donors (Lipinski definition) is 2. The number of hydrogen-bond acceptors (Lipinski definition) is 4. The Morgan fingerprint density at radius 2 is 1.68 bits per heavy atom. The molecule has 2 heterocycles. The number of carbonyl (C=O) groups excluding carboxylic acids is 1. The van der Waals surface area contributed by atoms with Gasteiger partial charge in [-0.2, -0.15) is 13.2 Å². The van der Waals surface area contributed by atoms with E-state index in [2.05, 4.69) is 29.6 Å². The number of β-amino-alcohol motifs (C(OH)–C–C–N with tert-alkyl or cyclic N) is 1. The number of halogens is 3. The molecule has 1 amide bonds. The van der Waals surface area contributed by atoms with Gasteiger partial charge >= 0.3 is 6.18 Å². The fourth-order valence-electron chi connectivity index (χ4n) is 6.49. The van der Waals surface area contributed by atoms with Gasteiger partial charge in [0.25, 0.3) is 5.91 Å². The van der Waals surface area contributed by atoms with E-state index < -0.39 is 23.2 Å². The molecule has 8 heteroatoms. The molecular formula is C30H40F3N3O2. The predicted octanol–water partition coefficient (Wildman–Crippen LogP) is 4.65. The molecule has 2 N–H and O–H groups in total. The SMILES string of the molecule is O=C(N1CCC[C@@H](O)C1)C1(NCC2CCN(CC3(C(F)(F)F)CCC3)CC2)C=CC(c2ccccc2)C=C1. The van der Waals surface area contributed by atoms with Crippen LogP contribution in [0, 0.1) is 11.3 Å². The van der Waals surface area contributed by atoms with Crippen LogP contribution >= 0.6 is 0 Å². The molecule has 208 valence electrons. The summed E-state index contributed by atoms with van der Waals surface area (Å²) in [4.78, 5) is 17.6. The molecule has 4 aliphatic rings. The lowest BCUT2D eigenvalue weighted by Gasteiger charge is -2.47. The van der Waals surface area contributed by atoms with E-state index in [1.54, 1.807) is 4.90 Å². The van der Waals surface area contributed by atoms with Crippen molar-refractivity contribution >= 4 is 5.91 Å². The molecule has 0 unspecified atom stereocenters. The standard InChI is InChI=1S/C30H40F3N3O2/c31-30(32,33)28(13-5-14-28)22-35-18-11-23(12-19-35)20-34-29(27(38)36-17-4-8-26(37)21-36)15-9-25(10-16-29)24-6-2-1-3-7-24/h1-3,6-7,9-10,15-16,23,25-26,34,37H,4-5,8,11-14,17-22H2/t25?,26-,29?/m1/s1. The number of alkyl halides is 3. The second-order valence-electron chi connectivity index (χ2n) is 11.8. The molecule has 5 rings (SSSR count). The van der Waals surface area contributed by atoms with E-state index in [-0.39, 0.29) is 31.2 Å². The van der Waals surface area contributed by atoms with Gasteiger partial charge in [-0.25, -0.2) is 0 Å². The Labute approximate surface area is 223 Å². The fourth-order valence-corrected chi connectivity index (χ4v) is 6.49. The monoisotopic (exact) mass is 531 g/mol. The van der Waals surface area contributed by atoms with Crippen molar-refractivity contribution in [2.24, 2.45) is 11.3 Å². The van der Waals surface area contributed by atoms with Crippen molar-refractivity contribution < 1.29 is 23.1 Å².